The number of amides is 1. The maximum atomic E-state index is 13.1. The van der Waals surface area contributed by atoms with E-state index in [1.165, 1.54) is 31.4 Å². The Morgan fingerprint density at radius 3 is 2.44 bits per heavy atom. The molecule has 3 aromatic rings. The predicted octanol–water partition coefficient (Wildman–Crippen LogP) is 6.25. The van der Waals surface area contributed by atoms with Crippen molar-refractivity contribution in [3.8, 4) is 11.5 Å². The second-order valence-electron chi connectivity index (χ2n) is 6.99. The largest absolute Gasteiger partial charge is 0.493 e. The minimum absolute atomic E-state index is 0.299. The Kier molecular flexibility index (Phi) is 7.20. The zero-order valence-corrected chi connectivity index (χ0v) is 17.6. The van der Waals surface area contributed by atoms with Gasteiger partial charge in [-0.15, -0.1) is 0 Å². The summed E-state index contributed by atoms with van der Waals surface area (Å²) in [6.07, 6.45) is -1.91. The van der Waals surface area contributed by atoms with Crippen molar-refractivity contribution in [2.45, 2.75) is 19.7 Å². The zero-order valence-electron chi connectivity index (χ0n) is 17.6. The molecule has 166 valence electrons. The molecule has 0 bridgehead atoms. The van der Waals surface area contributed by atoms with E-state index in [4.69, 9.17) is 9.47 Å². The molecule has 0 aliphatic rings. The number of anilines is 1. The summed E-state index contributed by atoms with van der Waals surface area (Å²) in [5.74, 6) is 0.334. The van der Waals surface area contributed by atoms with E-state index in [-0.39, 0.29) is 5.69 Å². The fourth-order valence-corrected chi connectivity index (χ4v) is 3.02. The molecular weight excluding hydrogens is 419 g/mol. The minimum Gasteiger partial charge on any atom is -0.493 e. The van der Waals surface area contributed by atoms with Crippen LogP contribution < -0.4 is 14.8 Å². The lowest BCUT2D eigenvalue weighted by Crippen LogP contribution is -2.14. The second-order valence-corrected chi connectivity index (χ2v) is 6.99. The van der Waals surface area contributed by atoms with Crippen molar-refractivity contribution in [1.29, 1.82) is 0 Å². The third kappa shape index (κ3) is 5.91. The number of carbonyl (C=O) groups is 1. The van der Waals surface area contributed by atoms with Gasteiger partial charge in [-0.1, -0.05) is 42.5 Å². The SMILES string of the molecule is COc1cc(C=CC(=O)Nc2ccccc2C(F)(F)F)ccc1OCc1ccccc1C. The number of methoxy groups -OCH3 is 1. The number of aryl methyl sites for hydroxylation is 1. The number of ether oxygens (including phenoxy) is 2. The summed E-state index contributed by atoms with van der Waals surface area (Å²) < 4.78 is 50.4. The Morgan fingerprint density at radius 1 is 1.00 bits per heavy atom. The van der Waals surface area contributed by atoms with Crippen molar-refractivity contribution < 1.29 is 27.4 Å². The summed E-state index contributed by atoms with van der Waals surface area (Å²) in [6.45, 7) is 2.38. The Labute approximate surface area is 184 Å². The van der Waals surface area contributed by atoms with Gasteiger partial charge in [0.25, 0.3) is 0 Å². The Balaban J connectivity index is 1.69. The molecule has 1 N–H and O–H groups in total. The lowest BCUT2D eigenvalue weighted by atomic mass is 10.1. The molecule has 0 spiro atoms. The molecule has 0 aliphatic carbocycles. The summed E-state index contributed by atoms with van der Waals surface area (Å²) >= 11 is 0. The summed E-state index contributed by atoms with van der Waals surface area (Å²) in [4.78, 5) is 12.2. The molecular formula is C25H22F3NO3. The van der Waals surface area contributed by atoms with E-state index < -0.39 is 17.6 Å². The van der Waals surface area contributed by atoms with Gasteiger partial charge < -0.3 is 14.8 Å². The standard InChI is InChI=1S/C25H22F3NO3/c1-17-7-3-4-8-19(17)16-32-22-13-11-18(15-23(22)31-2)12-14-24(30)29-21-10-6-5-9-20(21)25(26,27)28/h3-15H,16H2,1-2H3,(H,29,30). The van der Waals surface area contributed by atoms with E-state index in [1.807, 2.05) is 31.2 Å². The van der Waals surface area contributed by atoms with Crippen LogP contribution in [0.5, 0.6) is 11.5 Å². The highest BCUT2D eigenvalue weighted by Crippen LogP contribution is 2.34. The van der Waals surface area contributed by atoms with E-state index in [2.05, 4.69) is 5.32 Å². The molecule has 3 aromatic carbocycles. The van der Waals surface area contributed by atoms with Crippen LogP contribution in [0, 0.1) is 6.92 Å². The number of benzene rings is 3. The van der Waals surface area contributed by atoms with E-state index in [0.29, 0.717) is 23.7 Å². The van der Waals surface area contributed by atoms with Gasteiger partial charge in [-0.25, -0.2) is 0 Å². The number of nitrogens with one attached hydrogen (secondary N) is 1. The fourth-order valence-electron chi connectivity index (χ4n) is 3.02. The summed E-state index contributed by atoms with van der Waals surface area (Å²) in [5, 5.41) is 2.27. The van der Waals surface area contributed by atoms with Gasteiger partial charge in [0.05, 0.1) is 18.4 Å². The molecule has 0 heterocycles. The zero-order chi connectivity index (χ0) is 23.1. The molecule has 32 heavy (non-hydrogen) atoms. The van der Waals surface area contributed by atoms with E-state index in [9.17, 15) is 18.0 Å². The molecule has 7 heteroatoms. The van der Waals surface area contributed by atoms with Gasteiger partial charge in [0.1, 0.15) is 6.61 Å². The first-order valence-corrected chi connectivity index (χ1v) is 9.78. The van der Waals surface area contributed by atoms with Crippen molar-refractivity contribution in [3.05, 3.63) is 95.1 Å². The third-order valence-electron chi connectivity index (χ3n) is 4.75. The van der Waals surface area contributed by atoms with E-state index in [0.717, 1.165) is 23.3 Å². The highest BCUT2D eigenvalue weighted by molar-refractivity contribution is 6.02. The molecule has 4 nitrogen and oxygen atoms in total. The fraction of sp³-hybridized carbons (Fsp3) is 0.160. The molecule has 0 atom stereocenters. The van der Waals surface area contributed by atoms with E-state index >= 15 is 0 Å². The lowest BCUT2D eigenvalue weighted by Gasteiger charge is -2.13. The predicted molar refractivity (Wildman–Crippen MR) is 118 cm³/mol. The van der Waals surface area contributed by atoms with E-state index in [1.54, 1.807) is 18.2 Å². The summed E-state index contributed by atoms with van der Waals surface area (Å²) in [7, 11) is 1.50. The molecule has 0 aromatic heterocycles. The number of carbonyl (C=O) groups excluding carboxylic acids is 1. The van der Waals surface area contributed by atoms with Crippen molar-refractivity contribution in [2.75, 3.05) is 12.4 Å². The summed E-state index contributed by atoms with van der Waals surface area (Å²) in [5.41, 5.74) is 1.59. The number of alkyl halides is 3. The number of hydrogen-bond acceptors (Lipinski definition) is 3. The van der Waals surface area contributed by atoms with Crippen molar-refractivity contribution in [2.24, 2.45) is 0 Å². The molecule has 0 saturated heterocycles. The lowest BCUT2D eigenvalue weighted by molar-refractivity contribution is -0.136. The first kappa shape index (κ1) is 22.9. The van der Waals surface area contributed by atoms with Crippen LogP contribution in [0.15, 0.2) is 72.8 Å². The maximum Gasteiger partial charge on any atom is 0.418 e. The minimum atomic E-state index is -4.56. The number of para-hydroxylation sites is 1. The molecule has 3 rings (SSSR count). The monoisotopic (exact) mass is 441 g/mol. The maximum absolute atomic E-state index is 13.1. The normalized spacial score (nSPS) is 11.4. The number of halogens is 3. The highest BCUT2D eigenvalue weighted by atomic mass is 19.4. The van der Waals surface area contributed by atoms with Crippen LogP contribution in [-0.2, 0) is 17.6 Å². The van der Waals surface area contributed by atoms with Gasteiger partial charge in [-0.05, 0) is 54.0 Å². The van der Waals surface area contributed by atoms with Gasteiger partial charge in [0.15, 0.2) is 11.5 Å². The van der Waals surface area contributed by atoms with Gasteiger partial charge in [0.2, 0.25) is 5.91 Å². The molecule has 0 aliphatic heterocycles. The topological polar surface area (TPSA) is 47.6 Å². The van der Waals surface area contributed by atoms with Gasteiger partial charge in [0, 0.05) is 6.08 Å². The van der Waals surface area contributed by atoms with Crippen LogP contribution in [-0.4, -0.2) is 13.0 Å². The Morgan fingerprint density at radius 2 is 1.72 bits per heavy atom. The molecule has 0 fully saturated rings. The average Bonchev–Trinajstić information content (AvgIpc) is 2.77. The average molecular weight is 441 g/mol. The van der Waals surface area contributed by atoms with Gasteiger partial charge in [-0.2, -0.15) is 13.2 Å². The highest BCUT2D eigenvalue weighted by Gasteiger charge is 2.33. The Bertz CT molecular complexity index is 1120. The van der Waals surface area contributed by atoms with Gasteiger partial charge in [-0.3, -0.25) is 4.79 Å². The second kappa shape index (κ2) is 10.0. The number of rotatable bonds is 7. The first-order chi connectivity index (χ1) is 15.3. The molecule has 0 saturated carbocycles. The van der Waals surface area contributed by atoms with Crippen LogP contribution in [0.3, 0.4) is 0 Å². The van der Waals surface area contributed by atoms with Crippen LogP contribution in [0.1, 0.15) is 22.3 Å². The summed E-state index contributed by atoms with van der Waals surface area (Å²) in [6, 6.07) is 17.8. The van der Waals surface area contributed by atoms with Crippen molar-refractivity contribution >= 4 is 17.7 Å². The van der Waals surface area contributed by atoms with Crippen LogP contribution in [0.2, 0.25) is 0 Å². The van der Waals surface area contributed by atoms with Crippen LogP contribution in [0.4, 0.5) is 18.9 Å². The Hall–Kier alpha value is -3.74. The van der Waals surface area contributed by atoms with Crippen molar-refractivity contribution in [3.63, 3.8) is 0 Å². The first-order valence-electron chi connectivity index (χ1n) is 9.78. The van der Waals surface area contributed by atoms with Crippen LogP contribution >= 0.6 is 0 Å². The van der Waals surface area contributed by atoms with Crippen LogP contribution in [0.25, 0.3) is 6.08 Å². The van der Waals surface area contributed by atoms with Crippen molar-refractivity contribution in [1.82, 2.24) is 0 Å². The smallest absolute Gasteiger partial charge is 0.418 e. The quantitative estimate of drug-likeness (QED) is 0.441. The molecule has 0 radical (unpaired) electrons. The molecule has 0 unspecified atom stereocenters. The molecule has 1 amide bonds. The third-order valence-corrected chi connectivity index (χ3v) is 4.75. The number of hydrogen-bond donors (Lipinski definition) is 1. The van der Waals surface area contributed by atoms with Gasteiger partial charge >= 0.3 is 6.18 Å².